The SMILES string of the molecule is C[C@H]1OCC[C@@]1(O)CNC(=O)CC(C)(C)CC(=O)c1ccccc1. The number of ketones is 1. The maximum atomic E-state index is 12.3. The minimum atomic E-state index is -1.00. The first-order chi connectivity index (χ1) is 11.2. The van der Waals surface area contributed by atoms with Crippen molar-refractivity contribution in [2.75, 3.05) is 13.2 Å². The lowest BCUT2D eigenvalue weighted by atomic mass is 9.82. The van der Waals surface area contributed by atoms with E-state index in [4.69, 9.17) is 4.74 Å². The Labute approximate surface area is 143 Å². The molecule has 1 saturated heterocycles. The number of rotatable bonds is 7. The smallest absolute Gasteiger partial charge is 0.220 e. The van der Waals surface area contributed by atoms with Crippen molar-refractivity contribution in [3.63, 3.8) is 0 Å². The molecule has 2 atom stereocenters. The highest BCUT2D eigenvalue weighted by atomic mass is 16.5. The summed E-state index contributed by atoms with van der Waals surface area (Å²) in [7, 11) is 0. The van der Waals surface area contributed by atoms with E-state index in [1.165, 1.54) is 0 Å². The van der Waals surface area contributed by atoms with Crippen LogP contribution in [0.3, 0.4) is 0 Å². The van der Waals surface area contributed by atoms with Crippen LogP contribution in [0.1, 0.15) is 50.4 Å². The van der Waals surface area contributed by atoms with Gasteiger partial charge in [-0.25, -0.2) is 0 Å². The van der Waals surface area contributed by atoms with Gasteiger partial charge in [-0.3, -0.25) is 9.59 Å². The van der Waals surface area contributed by atoms with E-state index in [-0.39, 0.29) is 30.8 Å². The van der Waals surface area contributed by atoms with E-state index >= 15 is 0 Å². The van der Waals surface area contributed by atoms with E-state index in [9.17, 15) is 14.7 Å². The number of benzene rings is 1. The van der Waals surface area contributed by atoms with Gasteiger partial charge in [0.2, 0.25) is 5.91 Å². The molecule has 1 fully saturated rings. The molecule has 0 saturated carbocycles. The fourth-order valence-corrected chi connectivity index (χ4v) is 2.97. The van der Waals surface area contributed by atoms with Gasteiger partial charge in [-0.1, -0.05) is 44.2 Å². The summed E-state index contributed by atoms with van der Waals surface area (Å²) in [6.45, 7) is 6.30. The standard InChI is InChI=1S/C19H27NO4/c1-14-19(23,9-10-24-14)13-20-17(22)12-18(2,3)11-16(21)15-7-5-4-6-8-15/h4-8,14,23H,9-13H2,1-3H3,(H,20,22)/t14-,19-/m1/s1. The van der Waals surface area contributed by atoms with Crippen LogP contribution in [0.5, 0.6) is 0 Å². The van der Waals surface area contributed by atoms with Gasteiger partial charge in [-0.05, 0) is 12.3 Å². The molecule has 1 aromatic carbocycles. The number of aliphatic hydroxyl groups is 1. The number of nitrogens with one attached hydrogen (secondary N) is 1. The van der Waals surface area contributed by atoms with E-state index in [2.05, 4.69) is 5.32 Å². The van der Waals surface area contributed by atoms with Crippen molar-refractivity contribution in [2.24, 2.45) is 5.41 Å². The van der Waals surface area contributed by atoms with Crippen LogP contribution in [0.25, 0.3) is 0 Å². The summed E-state index contributed by atoms with van der Waals surface area (Å²) in [4.78, 5) is 24.5. The molecule has 2 rings (SSSR count). The number of ether oxygens (including phenoxy) is 1. The topological polar surface area (TPSA) is 75.6 Å². The van der Waals surface area contributed by atoms with Gasteiger partial charge < -0.3 is 15.2 Å². The molecule has 0 spiro atoms. The predicted molar refractivity (Wildman–Crippen MR) is 91.8 cm³/mol. The zero-order valence-corrected chi connectivity index (χ0v) is 14.7. The molecule has 24 heavy (non-hydrogen) atoms. The van der Waals surface area contributed by atoms with Crippen molar-refractivity contribution in [2.45, 2.75) is 51.7 Å². The number of carbonyl (C=O) groups is 2. The van der Waals surface area contributed by atoms with Crippen LogP contribution in [0.15, 0.2) is 30.3 Å². The molecular weight excluding hydrogens is 306 g/mol. The molecule has 2 N–H and O–H groups in total. The van der Waals surface area contributed by atoms with Crippen LogP contribution in [0.2, 0.25) is 0 Å². The highest BCUT2D eigenvalue weighted by Crippen LogP contribution is 2.28. The molecule has 5 nitrogen and oxygen atoms in total. The molecule has 0 radical (unpaired) electrons. The van der Waals surface area contributed by atoms with Crippen LogP contribution in [0, 0.1) is 5.41 Å². The molecule has 132 valence electrons. The van der Waals surface area contributed by atoms with Gasteiger partial charge in [0.25, 0.3) is 0 Å². The number of amides is 1. The van der Waals surface area contributed by atoms with Gasteiger partial charge in [0, 0.05) is 38.0 Å². The first-order valence-corrected chi connectivity index (χ1v) is 8.41. The Morgan fingerprint density at radius 3 is 2.54 bits per heavy atom. The Kier molecular flexibility index (Phi) is 5.78. The van der Waals surface area contributed by atoms with Crippen molar-refractivity contribution < 1.29 is 19.4 Å². The van der Waals surface area contributed by atoms with E-state index < -0.39 is 11.0 Å². The van der Waals surface area contributed by atoms with Crippen LogP contribution in [0.4, 0.5) is 0 Å². The molecule has 0 aromatic heterocycles. The van der Waals surface area contributed by atoms with Gasteiger partial charge in [-0.2, -0.15) is 0 Å². The minimum Gasteiger partial charge on any atom is -0.385 e. The molecule has 0 unspecified atom stereocenters. The highest BCUT2D eigenvalue weighted by Gasteiger charge is 2.40. The van der Waals surface area contributed by atoms with E-state index in [0.29, 0.717) is 25.0 Å². The fraction of sp³-hybridized carbons (Fsp3) is 0.579. The molecule has 0 bridgehead atoms. The molecule has 1 heterocycles. The largest absolute Gasteiger partial charge is 0.385 e. The highest BCUT2D eigenvalue weighted by molar-refractivity contribution is 5.96. The second-order valence-electron chi connectivity index (χ2n) is 7.45. The molecule has 1 aliphatic heterocycles. The number of hydrogen-bond donors (Lipinski definition) is 2. The number of carbonyl (C=O) groups excluding carboxylic acids is 2. The molecule has 0 aliphatic carbocycles. The Balaban J connectivity index is 1.84. The Hall–Kier alpha value is -1.72. The summed E-state index contributed by atoms with van der Waals surface area (Å²) in [5.74, 6) is -0.127. The lowest BCUT2D eigenvalue weighted by Crippen LogP contribution is -2.48. The number of Topliss-reactive ketones (excluding diaryl/α,β-unsaturated/α-hetero) is 1. The maximum absolute atomic E-state index is 12.3. The predicted octanol–water partition coefficient (Wildman–Crippen LogP) is 2.33. The third-order valence-electron chi connectivity index (χ3n) is 4.63. The molecule has 1 aromatic rings. The third kappa shape index (κ3) is 4.89. The average Bonchev–Trinajstić information content (AvgIpc) is 2.85. The van der Waals surface area contributed by atoms with Gasteiger partial charge in [-0.15, -0.1) is 0 Å². The lowest BCUT2D eigenvalue weighted by Gasteiger charge is -2.28. The summed E-state index contributed by atoms with van der Waals surface area (Å²) < 4.78 is 5.36. The Morgan fingerprint density at radius 1 is 1.29 bits per heavy atom. The normalized spacial score (nSPS) is 23.9. The Morgan fingerprint density at radius 2 is 1.96 bits per heavy atom. The second-order valence-corrected chi connectivity index (χ2v) is 7.45. The summed E-state index contributed by atoms with van der Waals surface area (Å²) in [6, 6.07) is 9.11. The van der Waals surface area contributed by atoms with Crippen molar-refractivity contribution in [3.05, 3.63) is 35.9 Å². The third-order valence-corrected chi connectivity index (χ3v) is 4.63. The summed E-state index contributed by atoms with van der Waals surface area (Å²) in [6.07, 6.45) is 0.764. The van der Waals surface area contributed by atoms with Gasteiger partial charge in [0.1, 0.15) is 5.60 Å². The first-order valence-electron chi connectivity index (χ1n) is 8.41. The lowest BCUT2D eigenvalue weighted by molar-refractivity contribution is -0.124. The summed E-state index contributed by atoms with van der Waals surface area (Å²) in [5.41, 5.74) is -0.783. The van der Waals surface area contributed by atoms with E-state index in [0.717, 1.165) is 0 Å². The molecule has 5 heteroatoms. The monoisotopic (exact) mass is 333 g/mol. The molecule has 1 aliphatic rings. The van der Waals surface area contributed by atoms with Crippen LogP contribution in [-0.4, -0.2) is 41.7 Å². The maximum Gasteiger partial charge on any atom is 0.220 e. The zero-order chi connectivity index (χ0) is 17.8. The fourth-order valence-electron chi connectivity index (χ4n) is 2.97. The van der Waals surface area contributed by atoms with Crippen molar-refractivity contribution in [1.29, 1.82) is 0 Å². The van der Waals surface area contributed by atoms with E-state index in [1.54, 1.807) is 12.1 Å². The first kappa shape index (κ1) is 18.6. The quantitative estimate of drug-likeness (QED) is 0.751. The summed E-state index contributed by atoms with van der Waals surface area (Å²) >= 11 is 0. The Bertz CT molecular complexity index is 584. The van der Waals surface area contributed by atoms with E-state index in [1.807, 2.05) is 39.0 Å². The van der Waals surface area contributed by atoms with Crippen LogP contribution >= 0.6 is 0 Å². The van der Waals surface area contributed by atoms with Crippen molar-refractivity contribution in [3.8, 4) is 0 Å². The average molecular weight is 333 g/mol. The zero-order valence-electron chi connectivity index (χ0n) is 14.7. The second kappa shape index (κ2) is 7.45. The van der Waals surface area contributed by atoms with Crippen LogP contribution < -0.4 is 5.32 Å². The van der Waals surface area contributed by atoms with Crippen molar-refractivity contribution in [1.82, 2.24) is 5.32 Å². The minimum absolute atomic E-state index is 0.0323. The molecular formula is C19H27NO4. The van der Waals surface area contributed by atoms with Gasteiger partial charge in [0.05, 0.1) is 6.10 Å². The number of hydrogen-bond acceptors (Lipinski definition) is 4. The summed E-state index contributed by atoms with van der Waals surface area (Å²) in [5, 5.41) is 13.2. The van der Waals surface area contributed by atoms with Gasteiger partial charge >= 0.3 is 0 Å². The van der Waals surface area contributed by atoms with Gasteiger partial charge in [0.15, 0.2) is 5.78 Å². The van der Waals surface area contributed by atoms with Crippen LogP contribution in [-0.2, 0) is 9.53 Å². The van der Waals surface area contributed by atoms with Crippen molar-refractivity contribution >= 4 is 11.7 Å². The molecule has 1 amide bonds.